The maximum absolute atomic E-state index is 5.64. The first-order valence-corrected chi connectivity index (χ1v) is 6.83. The zero-order valence-corrected chi connectivity index (χ0v) is 10.8. The van der Waals surface area contributed by atoms with Gasteiger partial charge >= 0.3 is 0 Å². The number of rotatable bonds is 8. The summed E-state index contributed by atoms with van der Waals surface area (Å²) in [6.45, 7) is 6.35. The molecule has 1 fully saturated rings. The van der Waals surface area contributed by atoms with E-state index >= 15 is 0 Å². The van der Waals surface area contributed by atoms with Crippen LogP contribution in [0.15, 0.2) is 0 Å². The molecule has 1 aliphatic rings. The number of alkyl halides is 1. The van der Waals surface area contributed by atoms with Gasteiger partial charge in [-0.3, -0.25) is 0 Å². The van der Waals surface area contributed by atoms with E-state index in [0.29, 0.717) is 0 Å². The van der Waals surface area contributed by atoms with E-state index in [0.717, 1.165) is 5.88 Å². The lowest BCUT2D eigenvalue weighted by Crippen LogP contribution is -2.31. The Hall–Kier alpha value is 0.210. The molecule has 0 bridgehead atoms. The number of halogens is 1. The largest absolute Gasteiger partial charge is 0.305 e. The van der Waals surface area contributed by atoms with Crippen LogP contribution in [-0.4, -0.2) is 55.5 Å². The van der Waals surface area contributed by atoms with Crippen LogP contribution in [0, 0.1) is 0 Å². The van der Waals surface area contributed by atoms with Gasteiger partial charge in [0.25, 0.3) is 0 Å². The van der Waals surface area contributed by atoms with Crippen LogP contribution in [0.5, 0.6) is 0 Å². The summed E-state index contributed by atoms with van der Waals surface area (Å²) in [7, 11) is 2.23. The average molecular weight is 233 g/mol. The standard InChI is InChI=1S/C12H25ClN2/c1-14(8-4-2-3-7-13)11-12-15-9-5-6-10-15/h2-12H2,1H3. The van der Waals surface area contributed by atoms with Gasteiger partial charge in [0.15, 0.2) is 0 Å². The van der Waals surface area contributed by atoms with Crippen molar-refractivity contribution in [3.63, 3.8) is 0 Å². The Kier molecular flexibility index (Phi) is 7.41. The Balaban J connectivity index is 1.90. The van der Waals surface area contributed by atoms with Gasteiger partial charge in [-0.1, -0.05) is 6.42 Å². The molecule has 0 amide bonds. The molecule has 90 valence electrons. The summed E-state index contributed by atoms with van der Waals surface area (Å²) < 4.78 is 0. The lowest BCUT2D eigenvalue weighted by molar-refractivity contribution is 0.254. The Labute approximate surface area is 99.6 Å². The highest BCUT2D eigenvalue weighted by molar-refractivity contribution is 6.17. The molecule has 2 nitrogen and oxygen atoms in total. The third-order valence-electron chi connectivity index (χ3n) is 3.17. The molecule has 0 radical (unpaired) electrons. The fraction of sp³-hybridized carbons (Fsp3) is 1.00. The third kappa shape index (κ3) is 6.39. The molecule has 1 aliphatic heterocycles. The minimum absolute atomic E-state index is 0.817. The number of unbranched alkanes of at least 4 members (excludes halogenated alkanes) is 2. The summed E-state index contributed by atoms with van der Waals surface area (Å²) in [6, 6.07) is 0. The minimum atomic E-state index is 0.817. The van der Waals surface area contributed by atoms with Crippen molar-refractivity contribution < 1.29 is 0 Å². The van der Waals surface area contributed by atoms with Gasteiger partial charge in [-0.15, -0.1) is 11.6 Å². The Morgan fingerprint density at radius 2 is 1.80 bits per heavy atom. The summed E-state index contributed by atoms with van der Waals surface area (Å²) in [6.07, 6.45) is 6.54. The van der Waals surface area contributed by atoms with Crippen molar-refractivity contribution in [3.05, 3.63) is 0 Å². The van der Waals surface area contributed by atoms with Crippen LogP contribution < -0.4 is 0 Å². The molecule has 0 N–H and O–H groups in total. The van der Waals surface area contributed by atoms with Gasteiger partial charge in [-0.2, -0.15) is 0 Å². The van der Waals surface area contributed by atoms with E-state index in [9.17, 15) is 0 Å². The number of likely N-dealkylation sites (N-methyl/N-ethyl adjacent to an activating group) is 1. The number of hydrogen-bond acceptors (Lipinski definition) is 2. The first kappa shape index (κ1) is 13.3. The van der Waals surface area contributed by atoms with Crippen LogP contribution in [0.4, 0.5) is 0 Å². The van der Waals surface area contributed by atoms with E-state index in [1.54, 1.807) is 0 Å². The fourth-order valence-corrected chi connectivity index (χ4v) is 2.27. The van der Waals surface area contributed by atoms with Gasteiger partial charge in [-0.25, -0.2) is 0 Å². The molecular formula is C12H25ClN2. The normalized spacial score (nSPS) is 17.8. The molecule has 0 aliphatic carbocycles. The van der Waals surface area contributed by atoms with Crippen LogP contribution >= 0.6 is 11.6 Å². The van der Waals surface area contributed by atoms with Gasteiger partial charge in [0, 0.05) is 19.0 Å². The second kappa shape index (κ2) is 8.37. The van der Waals surface area contributed by atoms with Gasteiger partial charge in [0.05, 0.1) is 0 Å². The van der Waals surface area contributed by atoms with Crippen LogP contribution in [-0.2, 0) is 0 Å². The van der Waals surface area contributed by atoms with Crippen molar-refractivity contribution in [1.82, 2.24) is 9.80 Å². The van der Waals surface area contributed by atoms with Gasteiger partial charge in [0.1, 0.15) is 0 Å². The van der Waals surface area contributed by atoms with E-state index < -0.39 is 0 Å². The molecule has 1 rings (SSSR count). The SMILES string of the molecule is CN(CCCCCCl)CCN1CCCC1. The van der Waals surface area contributed by atoms with Crippen molar-refractivity contribution >= 4 is 11.6 Å². The van der Waals surface area contributed by atoms with Crippen molar-refractivity contribution in [1.29, 1.82) is 0 Å². The zero-order chi connectivity index (χ0) is 10.9. The number of likely N-dealkylation sites (tertiary alicyclic amines) is 1. The van der Waals surface area contributed by atoms with Crippen LogP contribution in [0.2, 0.25) is 0 Å². The topological polar surface area (TPSA) is 6.48 Å². The summed E-state index contributed by atoms with van der Waals surface area (Å²) in [5.41, 5.74) is 0. The van der Waals surface area contributed by atoms with E-state index in [2.05, 4.69) is 16.8 Å². The minimum Gasteiger partial charge on any atom is -0.305 e. The first-order valence-electron chi connectivity index (χ1n) is 6.30. The summed E-state index contributed by atoms with van der Waals surface area (Å²) in [5, 5.41) is 0. The van der Waals surface area contributed by atoms with E-state index in [4.69, 9.17) is 11.6 Å². The van der Waals surface area contributed by atoms with Crippen molar-refractivity contribution in [2.45, 2.75) is 32.1 Å². The van der Waals surface area contributed by atoms with Crippen molar-refractivity contribution in [3.8, 4) is 0 Å². The second-order valence-electron chi connectivity index (χ2n) is 4.60. The smallest absolute Gasteiger partial charge is 0.0223 e. The molecule has 0 saturated carbocycles. The molecule has 0 aromatic carbocycles. The maximum Gasteiger partial charge on any atom is 0.0223 e. The molecular weight excluding hydrogens is 208 g/mol. The molecule has 0 aromatic heterocycles. The molecule has 1 heterocycles. The van der Waals surface area contributed by atoms with Crippen molar-refractivity contribution in [2.24, 2.45) is 0 Å². The zero-order valence-electron chi connectivity index (χ0n) is 10.1. The second-order valence-corrected chi connectivity index (χ2v) is 4.98. The molecule has 0 atom stereocenters. The molecule has 0 aromatic rings. The van der Waals surface area contributed by atoms with Gasteiger partial charge < -0.3 is 9.80 Å². The Morgan fingerprint density at radius 3 is 2.47 bits per heavy atom. The van der Waals surface area contributed by atoms with Crippen molar-refractivity contribution in [2.75, 3.05) is 45.7 Å². The first-order chi connectivity index (χ1) is 7.33. The summed E-state index contributed by atoms with van der Waals surface area (Å²) >= 11 is 5.64. The highest BCUT2D eigenvalue weighted by Crippen LogP contribution is 2.06. The maximum atomic E-state index is 5.64. The molecule has 0 unspecified atom stereocenters. The van der Waals surface area contributed by atoms with E-state index in [1.165, 1.54) is 64.8 Å². The summed E-state index contributed by atoms with van der Waals surface area (Å²) in [4.78, 5) is 5.03. The van der Waals surface area contributed by atoms with E-state index in [-0.39, 0.29) is 0 Å². The quantitative estimate of drug-likeness (QED) is 0.469. The third-order valence-corrected chi connectivity index (χ3v) is 3.44. The predicted octanol–water partition coefficient (Wildman–Crippen LogP) is 2.42. The van der Waals surface area contributed by atoms with Crippen LogP contribution in [0.1, 0.15) is 32.1 Å². The molecule has 1 saturated heterocycles. The van der Waals surface area contributed by atoms with Crippen LogP contribution in [0.3, 0.4) is 0 Å². The molecule has 3 heteroatoms. The van der Waals surface area contributed by atoms with Gasteiger partial charge in [0.2, 0.25) is 0 Å². The highest BCUT2D eigenvalue weighted by Gasteiger charge is 2.11. The lowest BCUT2D eigenvalue weighted by atomic mass is 10.2. The average Bonchev–Trinajstić information content (AvgIpc) is 2.74. The molecule has 0 spiro atoms. The number of nitrogens with zero attached hydrogens (tertiary/aromatic N) is 2. The van der Waals surface area contributed by atoms with Crippen LogP contribution in [0.25, 0.3) is 0 Å². The molecule has 15 heavy (non-hydrogen) atoms. The Morgan fingerprint density at radius 1 is 1.07 bits per heavy atom. The van der Waals surface area contributed by atoms with E-state index in [1.807, 2.05) is 0 Å². The Bertz CT molecular complexity index is 147. The summed E-state index contributed by atoms with van der Waals surface area (Å²) in [5.74, 6) is 0.817. The highest BCUT2D eigenvalue weighted by atomic mass is 35.5. The van der Waals surface area contributed by atoms with Gasteiger partial charge in [-0.05, 0) is 52.4 Å². The fourth-order valence-electron chi connectivity index (χ4n) is 2.08. The lowest BCUT2D eigenvalue weighted by Gasteiger charge is -2.21. The monoisotopic (exact) mass is 232 g/mol. The predicted molar refractivity (Wildman–Crippen MR) is 67.7 cm³/mol. The number of hydrogen-bond donors (Lipinski definition) is 0.